The average molecular weight is 488 g/mol. The molecule has 35 heavy (non-hydrogen) atoms. The molecule has 0 aromatic rings. The van der Waals surface area contributed by atoms with Gasteiger partial charge in [-0.15, -0.1) is 0 Å². The summed E-state index contributed by atoms with van der Waals surface area (Å²) in [5.41, 5.74) is 5.90. The second kappa shape index (κ2) is 9.70. The zero-order valence-corrected chi connectivity index (χ0v) is 22.0. The van der Waals surface area contributed by atoms with E-state index >= 15 is 0 Å². The molecule has 1 saturated carbocycles. The number of aliphatic hydroxyl groups excluding tert-OH is 3. The standard InChI is InChI=1S/C29H45NO5/c1-18(2)20-9-10-28(3)11-12-29(4)21(24(20)28)8-7-19(16-30-13-5-6-14-30)15-23(29)35-27-26(33)25(32)22(31)17-34-27/h7-8,18,22-23,25-27,31-33H,5-6,9-17H2,1-4H3/t22-,23+,25+,26-,27+,28-,29-/m1/s1. The van der Waals surface area contributed by atoms with Crippen LogP contribution in [0.4, 0.5) is 0 Å². The number of fused-ring (bicyclic) bond motifs is 3. The molecule has 3 N–H and O–H groups in total. The van der Waals surface area contributed by atoms with Gasteiger partial charge in [0.05, 0.1) is 12.7 Å². The van der Waals surface area contributed by atoms with Crippen molar-refractivity contribution in [3.63, 3.8) is 0 Å². The monoisotopic (exact) mass is 487 g/mol. The normalized spacial score (nSPS) is 42.6. The first kappa shape index (κ1) is 25.6. The minimum absolute atomic E-state index is 0.0355. The molecule has 6 nitrogen and oxygen atoms in total. The molecule has 7 atom stereocenters. The van der Waals surface area contributed by atoms with Gasteiger partial charge >= 0.3 is 0 Å². The molecule has 0 unspecified atom stereocenters. The van der Waals surface area contributed by atoms with Gasteiger partial charge in [-0.25, -0.2) is 0 Å². The minimum Gasteiger partial charge on any atom is -0.388 e. The molecule has 3 aliphatic carbocycles. The van der Waals surface area contributed by atoms with E-state index < -0.39 is 24.6 Å². The Bertz CT molecular complexity index is 903. The van der Waals surface area contributed by atoms with Crippen LogP contribution in [0.25, 0.3) is 0 Å². The average Bonchev–Trinajstić information content (AvgIpc) is 3.42. The summed E-state index contributed by atoms with van der Waals surface area (Å²) in [5.74, 6) is 0.519. The number of hydrogen-bond donors (Lipinski definition) is 3. The largest absolute Gasteiger partial charge is 0.388 e. The first-order valence-corrected chi connectivity index (χ1v) is 13.8. The van der Waals surface area contributed by atoms with Gasteiger partial charge < -0.3 is 24.8 Å². The zero-order valence-electron chi connectivity index (χ0n) is 22.0. The fourth-order valence-corrected chi connectivity index (χ4v) is 7.27. The van der Waals surface area contributed by atoms with Crippen LogP contribution in [0.5, 0.6) is 0 Å². The van der Waals surface area contributed by atoms with Crippen molar-refractivity contribution in [2.24, 2.45) is 16.7 Å². The van der Waals surface area contributed by atoms with Crippen LogP contribution in [0.3, 0.4) is 0 Å². The summed E-state index contributed by atoms with van der Waals surface area (Å²) < 4.78 is 12.4. The van der Waals surface area contributed by atoms with E-state index in [4.69, 9.17) is 9.47 Å². The van der Waals surface area contributed by atoms with E-state index in [1.807, 2.05) is 0 Å². The number of hydrogen-bond acceptors (Lipinski definition) is 6. The molecular formula is C29H45NO5. The lowest BCUT2D eigenvalue weighted by Gasteiger charge is -2.50. The van der Waals surface area contributed by atoms with Gasteiger partial charge in [-0.05, 0) is 80.5 Å². The minimum atomic E-state index is -1.27. The summed E-state index contributed by atoms with van der Waals surface area (Å²) in [5, 5.41) is 30.9. The van der Waals surface area contributed by atoms with E-state index in [9.17, 15) is 15.3 Å². The van der Waals surface area contributed by atoms with Crippen molar-refractivity contribution in [2.45, 2.75) is 103 Å². The molecule has 0 aromatic carbocycles. The molecule has 2 aliphatic heterocycles. The molecule has 0 radical (unpaired) electrons. The molecule has 5 rings (SSSR count). The van der Waals surface area contributed by atoms with Crippen molar-refractivity contribution < 1.29 is 24.8 Å². The van der Waals surface area contributed by atoms with Gasteiger partial charge in [0.25, 0.3) is 0 Å². The molecule has 2 heterocycles. The molecule has 0 spiro atoms. The Morgan fingerprint density at radius 1 is 1.06 bits per heavy atom. The Balaban J connectivity index is 1.52. The number of allylic oxidation sites excluding steroid dienone is 4. The van der Waals surface area contributed by atoms with Crippen molar-refractivity contribution in [3.8, 4) is 0 Å². The second-order valence-electron chi connectivity index (χ2n) is 12.5. The highest BCUT2D eigenvalue weighted by molar-refractivity contribution is 5.52. The van der Waals surface area contributed by atoms with Crippen molar-refractivity contribution in [3.05, 3.63) is 34.4 Å². The van der Waals surface area contributed by atoms with Crippen LogP contribution in [0.15, 0.2) is 34.4 Å². The summed E-state index contributed by atoms with van der Waals surface area (Å²) in [6.07, 6.45) is 7.82. The van der Waals surface area contributed by atoms with Gasteiger partial charge in [-0.3, -0.25) is 4.90 Å². The second-order valence-corrected chi connectivity index (χ2v) is 12.5. The maximum Gasteiger partial charge on any atom is 0.186 e. The van der Waals surface area contributed by atoms with E-state index in [1.54, 1.807) is 11.1 Å². The first-order chi connectivity index (χ1) is 16.6. The zero-order chi connectivity index (χ0) is 25.0. The maximum atomic E-state index is 10.7. The molecule has 196 valence electrons. The summed E-state index contributed by atoms with van der Waals surface area (Å²) in [4.78, 5) is 2.53. The van der Waals surface area contributed by atoms with Gasteiger partial charge in [0.1, 0.15) is 18.3 Å². The van der Waals surface area contributed by atoms with Crippen LogP contribution in [0.1, 0.15) is 72.6 Å². The molecular weight excluding hydrogens is 442 g/mol. The summed E-state index contributed by atoms with van der Waals surface area (Å²) in [6.45, 7) is 12.6. The lowest BCUT2D eigenvalue weighted by molar-refractivity contribution is -0.291. The lowest BCUT2D eigenvalue weighted by Crippen LogP contribution is -2.56. The Labute approximate surface area is 210 Å². The van der Waals surface area contributed by atoms with Crippen molar-refractivity contribution in [2.75, 3.05) is 26.2 Å². The van der Waals surface area contributed by atoms with Gasteiger partial charge in [0.15, 0.2) is 6.29 Å². The Morgan fingerprint density at radius 2 is 1.80 bits per heavy atom. The highest BCUT2D eigenvalue weighted by atomic mass is 16.7. The molecule has 0 aromatic heterocycles. The first-order valence-electron chi connectivity index (χ1n) is 13.8. The summed E-state index contributed by atoms with van der Waals surface area (Å²) in [6, 6.07) is 0. The molecule has 2 saturated heterocycles. The fourth-order valence-electron chi connectivity index (χ4n) is 7.27. The molecule has 3 fully saturated rings. The molecule has 0 amide bonds. The van der Waals surface area contributed by atoms with Crippen LogP contribution in [0, 0.1) is 16.7 Å². The Kier molecular flexibility index (Phi) is 7.10. The topological polar surface area (TPSA) is 82.4 Å². The van der Waals surface area contributed by atoms with Crippen LogP contribution >= 0.6 is 0 Å². The van der Waals surface area contributed by atoms with Crippen LogP contribution < -0.4 is 0 Å². The molecule has 6 heteroatoms. The predicted molar refractivity (Wildman–Crippen MR) is 136 cm³/mol. The Morgan fingerprint density at radius 3 is 2.51 bits per heavy atom. The Hall–Kier alpha value is -1.02. The number of nitrogens with zero attached hydrogens (tertiary/aromatic N) is 1. The quantitative estimate of drug-likeness (QED) is 0.548. The van der Waals surface area contributed by atoms with E-state index in [0.717, 1.165) is 38.9 Å². The van der Waals surface area contributed by atoms with E-state index in [2.05, 4.69) is 44.7 Å². The molecule has 0 bridgehead atoms. The smallest absolute Gasteiger partial charge is 0.186 e. The number of likely N-dealkylation sites (tertiary alicyclic amines) is 1. The number of ether oxygens (including phenoxy) is 2. The highest BCUT2D eigenvalue weighted by Gasteiger charge is 2.53. The van der Waals surface area contributed by atoms with E-state index in [1.165, 1.54) is 36.8 Å². The summed E-state index contributed by atoms with van der Waals surface area (Å²) in [7, 11) is 0. The van der Waals surface area contributed by atoms with Crippen molar-refractivity contribution in [1.82, 2.24) is 4.90 Å². The maximum absolute atomic E-state index is 10.7. The van der Waals surface area contributed by atoms with Gasteiger partial charge in [0, 0.05) is 12.0 Å². The van der Waals surface area contributed by atoms with E-state index in [-0.39, 0.29) is 23.5 Å². The van der Waals surface area contributed by atoms with Gasteiger partial charge in [0.2, 0.25) is 0 Å². The lowest BCUT2D eigenvalue weighted by atomic mass is 9.57. The number of rotatable bonds is 5. The summed E-state index contributed by atoms with van der Waals surface area (Å²) >= 11 is 0. The van der Waals surface area contributed by atoms with Crippen molar-refractivity contribution >= 4 is 0 Å². The number of aliphatic hydroxyl groups is 3. The van der Waals surface area contributed by atoms with Crippen LogP contribution in [-0.2, 0) is 9.47 Å². The third kappa shape index (κ3) is 4.60. The fraction of sp³-hybridized carbons (Fsp3) is 0.793. The predicted octanol–water partition coefficient (Wildman–Crippen LogP) is 3.72. The van der Waals surface area contributed by atoms with Crippen LogP contribution in [-0.4, -0.2) is 77.2 Å². The van der Waals surface area contributed by atoms with E-state index in [0.29, 0.717) is 5.92 Å². The van der Waals surface area contributed by atoms with Crippen LogP contribution in [0.2, 0.25) is 0 Å². The van der Waals surface area contributed by atoms with Crippen molar-refractivity contribution in [1.29, 1.82) is 0 Å². The molecule has 5 aliphatic rings. The third-order valence-electron chi connectivity index (χ3n) is 9.67. The van der Waals surface area contributed by atoms with Gasteiger partial charge in [-0.2, -0.15) is 0 Å². The SMILES string of the molecule is CC(C)C1=C2C3=CC=C(CN4CCCC4)C[C@H](O[C@@H]4OC[C@@H](O)[C@H](O)[C@H]4O)[C@]3(C)CC[C@@]2(C)CC1. The highest BCUT2D eigenvalue weighted by Crippen LogP contribution is 2.62. The third-order valence-corrected chi connectivity index (χ3v) is 9.67. The van der Waals surface area contributed by atoms with Gasteiger partial charge in [-0.1, -0.05) is 51.0 Å².